The van der Waals surface area contributed by atoms with Crippen molar-refractivity contribution < 1.29 is 53.7 Å². The minimum absolute atomic E-state index is 0. The van der Waals surface area contributed by atoms with Crippen molar-refractivity contribution in [3.63, 3.8) is 0 Å². The van der Waals surface area contributed by atoms with Gasteiger partial charge in [-0.1, -0.05) is 54.1 Å². The second-order valence-corrected chi connectivity index (χ2v) is 9.28. The number of carbonyl (C=O) groups is 2. The molecule has 0 saturated heterocycles. The maximum absolute atomic E-state index is 12.7. The molecule has 0 aliphatic carbocycles. The van der Waals surface area contributed by atoms with E-state index in [4.69, 9.17) is 21.1 Å². The molecule has 0 spiro atoms. The summed E-state index contributed by atoms with van der Waals surface area (Å²) in [5, 5.41) is 14.1. The Bertz CT molecular complexity index is 1430. The summed E-state index contributed by atoms with van der Waals surface area (Å²) >= 11 is 6.36. The molecule has 1 heterocycles. The number of carboxylic acid groups (broad SMARTS) is 1. The third kappa shape index (κ3) is 6.19. The number of ether oxygens (including phenoxy) is 2. The molecule has 5 nitrogen and oxygen atoms in total. The summed E-state index contributed by atoms with van der Waals surface area (Å²) in [4.78, 5) is 24.1. The summed E-state index contributed by atoms with van der Waals surface area (Å²) in [5.74, 6) is -0.545. The molecule has 4 aromatic rings. The zero-order valence-corrected chi connectivity index (χ0v) is 23.3. The van der Waals surface area contributed by atoms with E-state index >= 15 is 0 Å². The number of hydrogen-bond acceptors (Lipinski definition) is 5. The molecule has 1 aliphatic heterocycles. The number of carbonyl (C=O) groups excluding carboxylic acids is 2. The number of benzene rings is 4. The Morgan fingerprint density at radius 3 is 2.54 bits per heavy atom. The van der Waals surface area contributed by atoms with Crippen LogP contribution < -0.4 is 44.1 Å². The van der Waals surface area contributed by atoms with E-state index in [0.29, 0.717) is 41.2 Å². The van der Waals surface area contributed by atoms with Crippen LogP contribution in [0.25, 0.3) is 10.8 Å². The quantitative estimate of drug-likeness (QED) is 0.262. The molecule has 0 amide bonds. The molecule has 1 unspecified atom stereocenters. The van der Waals surface area contributed by atoms with Crippen LogP contribution in [-0.4, -0.2) is 18.4 Å². The zero-order chi connectivity index (χ0) is 25.1. The molecule has 7 heteroatoms. The van der Waals surface area contributed by atoms with Gasteiger partial charge in [0, 0.05) is 35.5 Å². The monoisotopic (exact) mass is 522 g/mol. The van der Waals surface area contributed by atoms with Crippen LogP contribution in [0.1, 0.15) is 46.7 Å². The normalized spacial score (nSPS) is 14.2. The topological polar surface area (TPSA) is 75.7 Å². The molecular weight excluding hydrogens is 499 g/mol. The van der Waals surface area contributed by atoms with Crippen LogP contribution in [0.5, 0.6) is 17.2 Å². The van der Waals surface area contributed by atoms with Gasteiger partial charge in [-0.25, -0.2) is 0 Å². The van der Waals surface area contributed by atoms with Gasteiger partial charge in [0.15, 0.2) is 5.78 Å². The number of aliphatic carboxylic acids is 1. The summed E-state index contributed by atoms with van der Waals surface area (Å²) in [5.41, 5.74) is 2.36. The van der Waals surface area contributed by atoms with E-state index in [1.807, 2.05) is 12.1 Å². The molecule has 0 radical (unpaired) electrons. The van der Waals surface area contributed by atoms with Crippen LogP contribution in [0.15, 0.2) is 78.9 Å². The van der Waals surface area contributed by atoms with Crippen LogP contribution in [0.2, 0.25) is 5.02 Å². The van der Waals surface area contributed by atoms with Gasteiger partial charge < -0.3 is 19.4 Å². The SMILES string of the molecule is O=C(CCCc1cccc2ccccc12)c1ccc(Oc2cc3c(cc2Cl)C(C(=O)[O-])CCO3)cc1.[Na+]. The average molecular weight is 523 g/mol. The maximum Gasteiger partial charge on any atom is 1.00 e. The fourth-order valence-electron chi connectivity index (χ4n) is 4.64. The van der Waals surface area contributed by atoms with Gasteiger partial charge in [-0.05, 0) is 65.9 Å². The van der Waals surface area contributed by atoms with Crippen molar-refractivity contribution in [2.75, 3.05) is 6.61 Å². The molecule has 1 aliphatic rings. The van der Waals surface area contributed by atoms with Gasteiger partial charge in [0.1, 0.15) is 17.2 Å². The predicted octanol–water partition coefficient (Wildman–Crippen LogP) is 3.11. The second kappa shape index (κ2) is 12.1. The summed E-state index contributed by atoms with van der Waals surface area (Å²) < 4.78 is 11.5. The maximum atomic E-state index is 12.7. The minimum atomic E-state index is -1.15. The van der Waals surface area contributed by atoms with Gasteiger partial charge in [0.2, 0.25) is 0 Å². The molecule has 37 heavy (non-hydrogen) atoms. The number of carboxylic acids is 1. The predicted molar refractivity (Wildman–Crippen MR) is 137 cm³/mol. The number of hydrogen-bond donors (Lipinski definition) is 0. The van der Waals surface area contributed by atoms with Crippen molar-refractivity contribution in [3.8, 4) is 17.2 Å². The van der Waals surface area contributed by atoms with Gasteiger partial charge in [0.05, 0.1) is 11.6 Å². The van der Waals surface area contributed by atoms with Gasteiger partial charge in [-0.3, -0.25) is 4.79 Å². The van der Waals surface area contributed by atoms with E-state index in [1.165, 1.54) is 16.3 Å². The Morgan fingerprint density at radius 2 is 1.76 bits per heavy atom. The molecule has 0 fully saturated rings. The van der Waals surface area contributed by atoms with E-state index in [2.05, 4.69) is 30.3 Å². The first-order valence-corrected chi connectivity index (χ1v) is 12.3. The van der Waals surface area contributed by atoms with Gasteiger partial charge in [-0.15, -0.1) is 0 Å². The molecule has 0 aromatic heterocycles. The minimum Gasteiger partial charge on any atom is -0.549 e. The van der Waals surface area contributed by atoms with E-state index in [-0.39, 0.29) is 47.0 Å². The number of rotatable bonds is 8. The van der Waals surface area contributed by atoms with Crippen LogP contribution in [0.4, 0.5) is 0 Å². The van der Waals surface area contributed by atoms with E-state index in [0.717, 1.165) is 12.8 Å². The Labute approximate surface area is 242 Å². The van der Waals surface area contributed by atoms with Crippen molar-refractivity contribution in [2.45, 2.75) is 31.6 Å². The van der Waals surface area contributed by atoms with Crippen molar-refractivity contribution in [1.29, 1.82) is 0 Å². The molecule has 5 rings (SSSR count). The summed E-state index contributed by atoms with van der Waals surface area (Å²) in [6.07, 6.45) is 2.40. The number of aryl methyl sites for hydroxylation is 1. The van der Waals surface area contributed by atoms with Crippen molar-refractivity contribution in [2.24, 2.45) is 0 Å². The number of halogens is 1. The number of Topliss-reactive ketones (excluding diaryl/α,β-unsaturated/α-hetero) is 1. The van der Waals surface area contributed by atoms with E-state index < -0.39 is 11.9 Å². The molecule has 1 atom stereocenters. The van der Waals surface area contributed by atoms with Crippen LogP contribution in [-0.2, 0) is 11.2 Å². The first kappa shape index (κ1) is 27.2. The molecule has 0 bridgehead atoms. The average Bonchev–Trinajstić information content (AvgIpc) is 2.89. The zero-order valence-electron chi connectivity index (χ0n) is 20.5. The fraction of sp³-hybridized carbons (Fsp3) is 0.200. The molecule has 0 saturated carbocycles. The van der Waals surface area contributed by atoms with Crippen LogP contribution >= 0.6 is 11.6 Å². The molecule has 0 N–H and O–H groups in total. The molecule has 182 valence electrons. The van der Waals surface area contributed by atoms with Gasteiger partial charge in [0.25, 0.3) is 0 Å². The first-order chi connectivity index (χ1) is 17.5. The van der Waals surface area contributed by atoms with Gasteiger partial charge in [-0.2, -0.15) is 0 Å². The Hall–Kier alpha value is -2.83. The van der Waals surface area contributed by atoms with E-state index in [9.17, 15) is 14.7 Å². The Kier molecular flexibility index (Phi) is 8.93. The first-order valence-electron chi connectivity index (χ1n) is 11.9. The van der Waals surface area contributed by atoms with Crippen LogP contribution in [0, 0.1) is 0 Å². The van der Waals surface area contributed by atoms with Crippen molar-refractivity contribution in [3.05, 3.63) is 101 Å². The third-order valence-electron chi connectivity index (χ3n) is 6.52. The summed E-state index contributed by atoms with van der Waals surface area (Å²) in [7, 11) is 0. The third-order valence-corrected chi connectivity index (χ3v) is 6.82. The number of ketones is 1. The summed E-state index contributed by atoms with van der Waals surface area (Å²) in [6, 6.07) is 24.6. The van der Waals surface area contributed by atoms with Crippen LogP contribution in [0.3, 0.4) is 0 Å². The smallest absolute Gasteiger partial charge is 0.549 e. The standard InChI is InChI=1S/C30H25ClO5.Na/c31-26-17-25-24(30(33)34)15-16-35-28(25)18-29(26)36-22-13-11-21(12-14-22)27(32)10-4-8-20-7-3-6-19-5-1-2-9-23(19)20;/h1-3,5-7,9,11-14,17-18,24H,4,8,10,15-16H2,(H,33,34);/q;+1/p-1. The van der Waals surface area contributed by atoms with Crippen molar-refractivity contribution >= 4 is 34.1 Å². The van der Waals surface area contributed by atoms with E-state index in [1.54, 1.807) is 36.4 Å². The second-order valence-electron chi connectivity index (χ2n) is 8.87. The fourth-order valence-corrected chi connectivity index (χ4v) is 4.85. The Morgan fingerprint density at radius 1 is 1.00 bits per heavy atom. The van der Waals surface area contributed by atoms with Crippen molar-refractivity contribution in [1.82, 2.24) is 0 Å². The van der Waals surface area contributed by atoms with Gasteiger partial charge >= 0.3 is 29.6 Å². The summed E-state index contributed by atoms with van der Waals surface area (Å²) in [6.45, 7) is 0.282. The Balaban J connectivity index is 0.00000320. The molecule has 4 aromatic carbocycles. The largest absolute Gasteiger partial charge is 1.00 e. The number of fused-ring (bicyclic) bond motifs is 2. The molecular formula is C30H24ClNaO5.